The van der Waals surface area contributed by atoms with Gasteiger partial charge in [-0.3, -0.25) is 9.80 Å². The van der Waals surface area contributed by atoms with Gasteiger partial charge in [-0.2, -0.15) is 30.5 Å². The number of nitriles is 1. The van der Waals surface area contributed by atoms with Crippen LogP contribution in [0, 0.1) is 10.7 Å². The summed E-state index contributed by atoms with van der Waals surface area (Å²) in [4.78, 5) is 35.7. The predicted octanol–water partition coefficient (Wildman–Crippen LogP) is 3.86. The Morgan fingerprint density at radius 2 is 1.31 bits per heavy atom. The maximum absolute atomic E-state index is 11.4. The van der Waals surface area contributed by atoms with Gasteiger partial charge in [0.2, 0.25) is 0 Å². The van der Waals surface area contributed by atoms with Gasteiger partial charge in [0.1, 0.15) is 16.8 Å². The Hall–Kier alpha value is -2.46. The Morgan fingerprint density at radius 1 is 0.776 bits per heavy atom. The molecule has 0 aromatic carbocycles. The fraction of sp³-hybridized carbons (Fsp3) is 0.606. The minimum Gasteiger partial charge on any atom is -0.477 e. The van der Waals surface area contributed by atoms with E-state index in [0.29, 0.717) is 96.9 Å². The molecule has 0 spiro atoms. The van der Waals surface area contributed by atoms with Crippen molar-refractivity contribution in [2.24, 2.45) is 0 Å². The number of carbonyl (C=O) groups is 2. The Labute approximate surface area is 304 Å². The maximum Gasteiger partial charge on any atom is 0.354 e. The van der Waals surface area contributed by atoms with Crippen LogP contribution < -0.4 is 0 Å². The first-order valence-electron chi connectivity index (χ1n) is 16.2. The summed E-state index contributed by atoms with van der Waals surface area (Å²) >= 11 is 3.13. The normalized spacial score (nSPS) is 18.0. The van der Waals surface area contributed by atoms with Crippen LogP contribution in [0.15, 0.2) is 36.4 Å². The Bertz CT molecular complexity index is 1270. The first-order valence-corrected chi connectivity index (χ1v) is 18.3. The predicted molar refractivity (Wildman–Crippen MR) is 195 cm³/mol. The summed E-state index contributed by atoms with van der Waals surface area (Å²) in [5, 5.41) is 29.5. The number of pyridine rings is 2. The van der Waals surface area contributed by atoms with E-state index >= 15 is 0 Å². The van der Waals surface area contributed by atoms with Crippen molar-refractivity contribution in [2.45, 2.75) is 38.5 Å². The van der Waals surface area contributed by atoms with E-state index in [1.807, 2.05) is 23.9 Å². The Morgan fingerprint density at radius 3 is 1.86 bits per heavy atom. The van der Waals surface area contributed by atoms with Crippen molar-refractivity contribution in [1.82, 2.24) is 19.8 Å². The smallest absolute Gasteiger partial charge is 0.354 e. The van der Waals surface area contributed by atoms with E-state index in [-0.39, 0.29) is 31.0 Å². The highest BCUT2D eigenvalue weighted by molar-refractivity contribution is 8.03. The highest BCUT2D eigenvalue weighted by Gasteiger charge is 2.16. The molecule has 1 aliphatic rings. The summed E-state index contributed by atoms with van der Waals surface area (Å²) < 4.78 is 24.2. The van der Waals surface area contributed by atoms with E-state index in [1.165, 1.54) is 23.9 Å². The van der Waals surface area contributed by atoms with Crippen LogP contribution in [0.25, 0.3) is 0 Å². The number of thioether (sulfide) groups is 2. The number of hydrogen-bond acceptors (Lipinski definition) is 13. The van der Waals surface area contributed by atoms with Crippen LogP contribution in [-0.4, -0.2) is 138 Å². The summed E-state index contributed by atoms with van der Waals surface area (Å²) in [6.07, 6.45) is 3.07. The summed E-state index contributed by atoms with van der Waals surface area (Å²) in [6.45, 7) is 6.50. The molecule has 2 N–H and O–H groups in total. The summed E-state index contributed by atoms with van der Waals surface area (Å²) in [6, 6.07) is 10.0. The minimum absolute atomic E-state index is 0. The molecule has 2 aromatic heterocycles. The number of thiocyanates is 1. The molecule has 13 nitrogen and oxygen atoms in total. The van der Waals surface area contributed by atoms with Crippen LogP contribution in [0.5, 0.6) is 0 Å². The molecule has 0 bridgehead atoms. The van der Waals surface area contributed by atoms with Crippen molar-refractivity contribution < 1.29 is 38.7 Å². The quantitative estimate of drug-likeness (QED) is 0.212. The SMILES string of the molecule is N#CSCCCCCSC[C@@H]1COCCN(Cc2cccc(C(=O)O)n2)CCOCCOCCN(Cc2cccc(C(=O)O)n2)CCO1.S. The van der Waals surface area contributed by atoms with Gasteiger partial charge in [0.25, 0.3) is 0 Å². The lowest BCUT2D eigenvalue weighted by Crippen LogP contribution is -2.35. The van der Waals surface area contributed by atoms with Crippen molar-refractivity contribution in [2.75, 3.05) is 89.7 Å². The second kappa shape index (κ2) is 26.4. The van der Waals surface area contributed by atoms with Crippen molar-refractivity contribution in [3.8, 4) is 5.40 Å². The summed E-state index contributed by atoms with van der Waals surface area (Å²) in [5.74, 6) is 0.529. The Kier molecular flexibility index (Phi) is 23.0. The average Bonchev–Trinajstić information content (AvgIpc) is 3.08. The van der Waals surface area contributed by atoms with Crippen molar-refractivity contribution in [3.05, 3.63) is 59.2 Å². The molecule has 0 radical (unpaired) electrons. The molecule has 0 saturated carbocycles. The van der Waals surface area contributed by atoms with Crippen molar-refractivity contribution in [3.63, 3.8) is 0 Å². The van der Waals surface area contributed by atoms with E-state index in [9.17, 15) is 19.8 Å². The lowest BCUT2D eigenvalue weighted by molar-refractivity contribution is -0.0238. The van der Waals surface area contributed by atoms with Crippen LogP contribution in [0.2, 0.25) is 0 Å². The van der Waals surface area contributed by atoms with E-state index in [4.69, 9.17) is 24.2 Å². The van der Waals surface area contributed by atoms with Gasteiger partial charge in [0.15, 0.2) is 0 Å². The van der Waals surface area contributed by atoms with Gasteiger partial charge in [-0.15, -0.1) is 0 Å². The number of carboxylic acid groups (broad SMARTS) is 2. The third kappa shape index (κ3) is 18.9. The van der Waals surface area contributed by atoms with E-state index < -0.39 is 11.9 Å². The number of unbranched alkanes of at least 4 members (excludes halogenated alkanes) is 2. The molecule has 1 fully saturated rings. The van der Waals surface area contributed by atoms with Gasteiger partial charge in [-0.25, -0.2) is 19.6 Å². The van der Waals surface area contributed by atoms with Gasteiger partial charge in [0, 0.05) is 50.8 Å². The number of aromatic carboxylic acids is 2. The second-order valence-electron chi connectivity index (χ2n) is 11.1. The number of rotatable bonds is 14. The lowest BCUT2D eigenvalue weighted by atomic mass is 10.3. The topological polar surface area (TPSA) is 168 Å². The molecule has 0 aliphatic carbocycles. The molecular formula is C33H49N5O8S3. The van der Waals surface area contributed by atoms with E-state index in [0.717, 1.165) is 36.5 Å². The second-order valence-corrected chi connectivity index (χ2v) is 13.1. The molecule has 272 valence electrons. The highest BCUT2D eigenvalue weighted by Crippen LogP contribution is 2.13. The fourth-order valence-corrected chi connectivity index (χ4v) is 6.27. The summed E-state index contributed by atoms with van der Waals surface area (Å²) in [7, 11) is 0. The molecule has 16 heteroatoms. The molecule has 3 heterocycles. The van der Waals surface area contributed by atoms with Gasteiger partial charge in [-0.05, 0) is 54.6 Å². The molecule has 1 aliphatic heterocycles. The van der Waals surface area contributed by atoms with Gasteiger partial charge >= 0.3 is 11.9 Å². The third-order valence-electron chi connectivity index (χ3n) is 7.32. The van der Waals surface area contributed by atoms with Crippen LogP contribution in [0.3, 0.4) is 0 Å². The molecule has 1 saturated heterocycles. The first-order chi connectivity index (χ1) is 23.4. The van der Waals surface area contributed by atoms with Crippen molar-refractivity contribution in [1.29, 1.82) is 5.26 Å². The molecule has 2 aromatic rings. The largest absolute Gasteiger partial charge is 0.477 e. The summed E-state index contributed by atoms with van der Waals surface area (Å²) in [5.41, 5.74) is 1.36. The standard InChI is InChI=1S/C33H47N5O8S2.H2S/c34-26-48-21-3-1-2-20-47-25-29-24-45-16-12-37(22-27-6-4-8-30(35-27)32(39)40)10-14-43-18-19-44-15-11-38(13-17-46-29)23-28-7-5-9-31(36-28)33(41)42;/h4-9,29H,1-3,10-25H2,(H,39,40)(H,41,42);1H2/t29-;/m0./s1. The first kappa shape index (κ1) is 42.7. The molecule has 1 atom stereocenters. The lowest BCUT2D eigenvalue weighted by Gasteiger charge is -2.25. The molecular weight excluding hydrogens is 691 g/mol. The minimum atomic E-state index is -1.06. The van der Waals surface area contributed by atoms with Gasteiger partial charge < -0.3 is 29.2 Å². The number of aromatic nitrogens is 2. The van der Waals surface area contributed by atoms with Gasteiger partial charge in [0.05, 0.1) is 63.7 Å². The zero-order valence-electron chi connectivity index (χ0n) is 27.9. The van der Waals surface area contributed by atoms with Gasteiger partial charge in [-0.1, -0.05) is 18.6 Å². The molecule has 0 unspecified atom stereocenters. The number of hydrogen-bond donors (Lipinski definition) is 2. The Balaban J connectivity index is 0.00000833. The third-order valence-corrected chi connectivity index (χ3v) is 9.13. The zero-order valence-corrected chi connectivity index (χ0v) is 30.5. The molecule has 0 amide bonds. The van der Waals surface area contributed by atoms with Crippen LogP contribution in [0.1, 0.15) is 51.6 Å². The molecule has 3 rings (SSSR count). The monoisotopic (exact) mass is 739 g/mol. The van der Waals surface area contributed by atoms with Crippen molar-refractivity contribution >= 4 is 49.0 Å². The van der Waals surface area contributed by atoms with Crippen LogP contribution in [-0.2, 0) is 32.0 Å². The average molecular weight is 740 g/mol. The number of nitrogens with zero attached hydrogens (tertiary/aromatic N) is 5. The number of carboxylic acids is 2. The fourth-order valence-electron chi connectivity index (χ4n) is 4.80. The van der Waals surface area contributed by atoms with Crippen LogP contribution >= 0.6 is 37.0 Å². The highest BCUT2D eigenvalue weighted by atomic mass is 32.2. The maximum atomic E-state index is 11.4. The van der Waals surface area contributed by atoms with E-state index in [1.54, 1.807) is 12.1 Å². The molecule has 49 heavy (non-hydrogen) atoms. The zero-order chi connectivity index (χ0) is 34.2. The number of ether oxygens (including phenoxy) is 4. The van der Waals surface area contributed by atoms with Crippen LogP contribution in [0.4, 0.5) is 0 Å². The van der Waals surface area contributed by atoms with E-state index in [2.05, 4.69) is 25.2 Å².